The number of hydrogen-bond donors (Lipinski definition) is 1. The highest BCUT2D eigenvalue weighted by Gasteiger charge is 2.14. The number of ether oxygens (including phenoxy) is 1. The maximum atomic E-state index is 5.67. The Morgan fingerprint density at radius 3 is 2.94 bits per heavy atom. The van der Waals surface area contributed by atoms with Crippen LogP contribution in [-0.2, 0) is 17.9 Å². The van der Waals surface area contributed by atoms with Crippen LogP contribution in [0.5, 0.6) is 0 Å². The first-order valence-electron chi connectivity index (χ1n) is 4.98. The van der Waals surface area contributed by atoms with Crippen LogP contribution >= 0.6 is 11.3 Å². The number of nitrogens with zero attached hydrogens (tertiary/aromatic N) is 1. The molecule has 0 radical (unpaired) electrons. The number of aryl methyl sites for hydroxylation is 1. The molecule has 16 heavy (non-hydrogen) atoms. The fourth-order valence-corrected chi connectivity index (χ4v) is 2.48. The zero-order chi connectivity index (χ0) is 11.5. The van der Waals surface area contributed by atoms with Crippen molar-refractivity contribution in [3.8, 4) is 10.8 Å². The van der Waals surface area contributed by atoms with Crippen molar-refractivity contribution >= 4 is 11.3 Å². The van der Waals surface area contributed by atoms with Gasteiger partial charge >= 0.3 is 0 Å². The van der Waals surface area contributed by atoms with Gasteiger partial charge in [-0.2, -0.15) is 0 Å². The van der Waals surface area contributed by atoms with Crippen LogP contribution in [0.25, 0.3) is 10.8 Å². The molecule has 0 aromatic carbocycles. The highest BCUT2D eigenvalue weighted by atomic mass is 32.1. The van der Waals surface area contributed by atoms with Crippen molar-refractivity contribution in [1.82, 2.24) is 4.98 Å². The van der Waals surface area contributed by atoms with Crippen LogP contribution in [0.3, 0.4) is 0 Å². The molecule has 4 nitrogen and oxygen atoms in total. The smallest absolute Gasteiger partial charge is 0.165 e. The minimum Gasteiger partial charge on any atom is -0.462 e. The standard InChI is InChI=1S/C11H14N2O2S/c1-7-3-4-15-10(7)11-13-8(6-14-2)9(5-12)16-11/h3-4H,5-6,12H2,1-2H3. The first-order valence-corrected chi connectivity index (χ1v) is 5.80. The van der Waals surface area contributed by atoms with E-state index in [1.54, 1.807) is 24.7 Å². The normalized spacial score (nSPS) is 10.9. The molecule has 0 aliphatic rings. The van der Waals surface area contributed by atoms with Gasteiger partial charge in [0.15, 0.2) is 10.8 Å². The summed E-state index contributed by atoms with van der Waals surface area (Å²) in [6.45, 7) is 2.97. The van der Waals surface area contributed by atoms with E-state index in [-0.39, 0.29) is 0 Å². The molecular formula is C11H14N2O2S. The summed E-state index contributed by atoms with van der Waals surface area (Å²) in [5.74, 6) is 0.821. The first-order chi connectivity index (χ1) is 7.76. The maximum absolute atomic E-state index is 5.67. The number of nitrogens with two attached hydrogens (primary N) is 1. The molecule has 0 saturated carbocycles. The van der Waals surface area contributed by atoms with Gasteiger partial charge in [0, 0.05) is 18.5 Å². The lowest BCUT2D eigenvalue weighted by atomic mass is 10.3. The number of aromatic nitrogens is 1. The Morgan fingerprint density at radius 2 is 2.38 bits per heavy atom. The molecule has 0 amide bonds. The van der Waals surface area contributed by atoms with E-state index in [4.69, 9.17) is 14.9 Å². The van der Waals surface area contributed by atoms with Crippen molar-refractivity contribution in [1.29, 1.82) is 0 Å². The summed E-state index contributed by atoms with van der Waals surface area (Å²) < 4.78 is 10.5. The Balaban J connectivity index is 2.39. The minimum atomic E-state index is 0.482. The molecule has 0 bridgehead atoms. The van der Waals surface area contributed by atoms with Crippen molar-refractivity contribution in [3.63, 3.8) is 0 Å². The molecule has 2 heterocycles. The topological polar surface area (TPSA) is 61.3 Å². The quantitative estimate of drug-likeness (QED) is 0.888. The molecule has 86 valence electrons. The molecule has 0 aliphatic heterocycles. The van der Waals surface area contributed by atoms with Gasteiger partial charge in [0.05, 0.1) is 18.6 Å². The molecule has 0 saturated heterocycles. The summed E-state index contributed by atoms with van der Waals surface area (Å²) >= 11 is 1.56. The summed E-state index contributed by atoms with van der Waals surface area (Å²) in [6.07, 6.45) is 1.67. The van der Waals surface area contributed by atoms with E-state index in [9.17, 15) is 0 Å². The minimum absolute atomic E-state index is 0.482. The average molecular weight is 238 g/mol. The van der Waals surface area contributed by atoms with Crippen LogP contribution in [0.4, 0.5) is 0 Å². The third-order valence-corrected chi connectivity index (χ3v) is 3.42. The lowest BCUT2D eigenvalue weighted by Gasteiger charge is -1.95. The molecule has 2 aromatic heterocycles. The van der Waals surface area contributed by atoms with Gasteiger partial charge in [0.2, 0.25) is 0 Å². The van der Waals surface area contributed by atoms with E-state index in [1.165, 1.54) is 0 Å². The fraction of sp³-hybridized carbons (Fsp3) is 0.364. The predicted octanol–water partition coefficient (Wildman–Crippen LogP) is 2.32. The predicted molar refractivity (Wildman–Crippen MR) is 63.2 cm³/mol. The third kappa shape index (κ3) is 2.02. The molecule has 0 unspecified atom stereocenters. The second-order valence-electron chi connectivity index (χ2n) is 3.46. The molecular weight excluding hydrogens is 224 g/mol. The molecule has 5 heteroatoms. The molecule has 0 atom stereocenters. The van der Waals surface area contributed by atoms with Gasteiger partial charge in [-0.25, -0.2) is 4.98 Å². The zero-order valence-corrected chi connectivity index (χ0v) is 10.1. The Bertz CT molecular complexity index is 476. The van der Waals surface area contributed by atoms with Crippen LogP contribution in [0.1, 0.15) is 16.1 Å². The SMILES string of the molecule is COCc1nc(-c2occc2C)sc1CN. The molecule has 2 rings (SSSR count). The van der Waals surface area contributed by atoms with Crippen molar-refractivity contribution in [2.75, 3.05) is 7.11 Å². The molecule has 0 spiro atoms. The second-order valence-corrected chi connectivity index (χ2v) is 4.54. The van der Waals surface area contributed by atoms with E-state index in [1.807, 2.05) is 13.0 Å². The van der Waals surface area contributed by atoms with E-state index in [2.05, 4.69) is 4.98 Å². The van der Waals surface area contributed by atoms with E-state index >= 15 is 0 Å². The van der Waals surface area contributed by atoms with E-state index in [0.717, 1.165) is 26.9 Å². The van der Waals surface area contributed by atoms with Crippen molar-refractivity contribution < 1.29 is 9.15 Å². The molecule has 2 N–H and O–H groups in total. The number of rotatable bonds is 4. The van der Waals surface area contributed by atoms with Gasteiger partial charge in [-0.1, -0.05) is 0 Å². The Hall–Kier alpha value is -1.17. The summed E-state index contributed by atoms with van der Waals surface area (Å²) in [6, 6.07) is 1.93. The third-order valence-electron chi connectivity index (χ3n) is 2.30. The summed E-state index contributed by atoms with van der Waals surface area (Å²) in [4.78, 5) is 5.54. The second kappa shape index (κ2) is 4.78. The number of methoxy groups -OCH3 is 1. The van der Waals surface area contributed by atoms with Crippen LogP contribution in [0.15, 0.2) is 16.7 Å². The average Bonchev–Trinajstić information content (AvgIpc) is 2.85. The fourth-order valence-electron chi connectivity index (χ4n) is 1.48. The molecule has 0 fully saturated rings. The number of thiazole rings is 1. The van der Waals surface area contributed by atoms with Gasteiger partial charge in [0.25, 0.3) is 0 Å². The molecule has 2 aromatic rings. The lowest BCUT2D eigenvalue weighted by molar-refractivity contribution is 0.181. The summed E-state index contributed by atoms with van der Waals surface area (Å²) in [5.41, 5.74) is 7.66. The highest BCUT2D eigenvalue weighted by Crippen LogP contribution is 2.30. The highest BCUT2D eigenvalue weighted by molar-refractivity contribution is 7.15. The van der Waals surface area contributed by atoms with Gasteiger partial charge < -0.3 is 14.9 Å². The Morgan fingerprint density at radius 1 is 1.56 bits per heavy atom. The monoisotopic (exact) mass is 238 g/mol. The van der Waals surface area contributed by atoms with Gasteiger partial charge in [-0.15, -0.1) is 11.3 Å². The largest absolute Gasteiger partial charge is 0.462 e. The maximum Gasteiger partial charge on any atom is 0.165 e. The van der Waals surface area contributed by atoms with Crippen LogP contribution < -0.4 is 5.73 Å². The molecule has 0 aliphatic carbocycles. The van der Waals surface area contributed by atoms with Crippen molar-refractivity contribution in [3.05, 3.63) is 28.5 Å². The van der Waals surface area contributed by atoms with Crippen LogP contribution in [-0.4, -0.2) is 12.1 Å². The van der Waals surface area contributed by atoms with Gasteiger partial charge in [-0.05, 0) is 18.6 Å². The van der Waals surface area contributed by atoms with Crippen molar-refractivity contribution in [2.24, 2.45) is 5.73 Å². The Kier molecular flexibility index (Phi) is 3.38. The van der Waals surface area contributed by atoms with Crippen molar-refractivity contribution in [2.45, 2.75) is 20.1 Å². The van der Waals surface area contributed by atoms with Crippen LogP contribution in [0, 0.1) is 6.92 Å². The lowest BCUT2D eigenvalue weighted by Crippen LogP contribution is -1.99. The first kappa shape index (κ1) is 11.3. The van der Waals surface area contributed by atoms with Gasteiger partial charge in [-0.3, -0.25) is 0 Å². The van der Waals surface area contributed by atoms with E-state index in [0.29, 0.717) is 13.2 Å². The van der Waals surface area contributed by atoms with Crippen LogP contribution in [0.2, 0.25) is 0 Å². The summed E-state index contributed by atoms with van der Waals surface area (Å²) in [7, 11) is 1.65. The van der Waals surface area contributed by atoms with E-state index < -0.39 is 0 Å². The number of hydrogen-bond acceptors (Lipinski definition) is 5. The summed E-state index contributed by atoms with van der Waals surface area (Å²) in [5, 5.41) is 0.870. The zero-order valence-electron chi connectivity index (χ0n) is 9.32. The Labute approximate surface area is 98.1 Å². The van der Waals surface area contributed by atoms with Gasteiger partial charge in [0.1, 0.15) is 0 Å². The number of furan rings is 1.